The summed E-state index contributed by atoms with van der Waals surface area (Å²) in [4.78, 5) is 39.1. The first-order chi connectivity index (χ1) is 14.0. The van der Waals surface area contributed by atoms with Gasteiger partial charge in [0.25, 0.3) is 5.91 Å². The number of fused-ring (bicyclic) bond motifs is 1. The van der Waals surface area contributed by atoms with Gasteiger partial charge < -0.3 is 15.0 Å². The van der Waals surface area contributed by atoms with Crippen LogP contribution in [-0.4, -0.2) is 41.4 Å². The fourth-order valence-corrected chi connectivity index (χ4v) is 4.29. The van der Waals surface area contributed by atoms with Crippen molar-refractivity contribution in [1.29, 1.82) is 0 Å². The van der Waals surface area contributed by atoms with E-state index in [-0.39, 0.29) is 24.3 Å². The van der Waals surface area contributed by atoms with E-state index < -0.39 is 18.0 Å². The number of nitrogens with one attached hydrogen (secondary N) is 1. The van der Waals surface area contributed by atoms with Crippen LogP contribution in [0.1, 0.15) is 39.0 Å². The molecular formula is C23H26N2O4. The molecule has 0 aromatic heterocycles. The molecule has 1 saturated heterocycles. The number of carbonyl (C=O) groups is 3. The van der Waals surface area contributed by atoms with E-state index in [1.165, 1.54) is 0 Å². The monoisotopic (exact) mass is 394 g/mol. The number of benzene rings is 2. The Hall–Kier alpha value is -2.89. The number of carbonyl (C=O) groups excluding carboxylic acids is 3. The Balaban J connectivity index is 1.33. The fraction of sp³-hybridized carbons (Fsp3) is 0.435. The Morgan fingerprint density at radius 1 is 1.10 bits per heavy atom. The molecule has 152 valence electrons. The lowest BCUT2D eigenvalue weighted by Crippen LogP contribution is -2.36. The zero-order chi connectivity index (χ0) is 20.4. The molecule has 2 fully saturated rings. The van der Waals surface area contributed by atoms with Gasteiger partial charge in [-0.05, 0) is 42.7 Å². The molecule has 4 rings (SSSR count). The van der Waals surface area contributed by atoms with Gasteiger partial charge in [0.2, 0.25) is 5.91 Å². The van der Waals surface area contributed by atoms with Crippen LogP contribution in [-0.2, 0) is 19.1 Å². The van der Waals surface area contributed by atoms with Gasteiger partial charge >= 0.3 is 5.97 Å². The first kappa shape index (κ1) is 19.4. The van der Waals surface area contributed by atoms with E-state index in [9.17, 15) is 14.4 Å². The third-order valence-corrected chi connectivity index (χ3v) is 5.94. The van der Waals surface area contributed by atoms with E-state index in [4.69, 9.17) is 4.74 Å². The fourth-order valence-electron chi connectivity index (χ4n) is 4.29. The number of amides is 2. The quantitative estimate of drug-likeness (QED) is 0.788. The molecule has 0 spiro atoms. The second-order valence-electron chi connectivity index (χ2n) is 8.02. The molecule has 29 heavy (non-hydrogen) atoms. The number of anilines is 1. The molecule has 2 aromatic rings. The standard InChI is InChI=1S/C23H26N2O4/c1-15(22(27)24-19-11-10-16-6-2-3-7-17(16)12-19)29-23(28)18-13-21(26)25(14-18)20-8-4-5-9-20/h2-3,6-7,10-12,15,18,20H,4-5,8-9,13-14H2,1H3,(H,24,27)/t15-,18-/m1/s1. The predicted molar refractivity (Wildman–Crippen MR) is 110 cm³/mol. The van der Waals surface area contributed by atoms with Crippen LogP contribution in [0.4, 0.5) is 5.69 Å². The summed E-state index contributed by atoms with van der Waals surface area (Å²) in [6.07, 6.45) is 3.54. The summed E-state index contributed by atoms with van der Waals surface area (Å²) in [6.45, 7) is 1.96. The van der Waals surface area contributed by atoms with Crippen LogP contribution in [0, 0.1) is 5.92 Å². The van der Waals surface area contributed by atoms with Crippen LogP contribution in [0.15, 0.2) is 42.5 Å². The van der Waals surface area contributed by atoms with Crippen molar-refractivity contribution in [2.45, 2.75) is 51.2 Å². The van der Waals surface area contributed by atoms with E-state index >= 15 is 0 Å². The number of esters is 1. The summed E-state index contributed by atoms with van der Waals surface area (Å²) in [5.74, 6) is -1.32. The van der Waals surface area contributed by atoms with Gasteiger partial charge in [0.1, 0.15) is 0 Å². The Labute approximate surface area is 170 Å². The number of rotatable bonds is 5. The van der Waals surface area contributed by atoms with E-state index in [2.05, 4.69) is 5.32 Å². The zero-order valence-electron chi connectivity index (χ0n) is 16.6. The van der Waals surface area contributed by atoms with Crippen molar-refractivity contribution in [3.05, 3.63) is 42.5 Å². The average Bonchev–Trinajstić information content (AvgIpc) is 3.37. The third-order valence-electron chi connectivity index (χ3n) is 5.94. The highest BCUT2D eigenvalue weighted by molar-refractivity contribution is 5.97. The van der Waals surface area contributed by atoms with E-state index in [0.29, 0.717) is 12.2 Å². The van der Waals surface area contributed by atoms with Crippen molar-refractivity contribution in [2.24, 2.45) is 5.92 Å². The number of likely N-dealkylation sites (tertiary alicyclic amines) is 1. The lowest BCUT2D eigenvalue weighted by Gasteiger charge is -2.24. The highest BCUT2D eigenvalue weighted by Crippen LogP contribution is 2.30. The van der Waals surface area contributed by atoms with Gasteiger partial charge in [0.05, 0.1) is 5.92 Å². The number of nitrogens with zero attached hydrogens (tertiary/aromatic N) is 1. The summed E-state index contributed by atoms with van der Waals surface area (Å²) in [5, 5.41) is 4.90. The Morgan fingerprint density at radius 3 is 2.59 bits per heavy atom. The second kappa shape index (κ2) is 8.23. The maximum absolute atomic E-state index is 12.5. The van der Waals surface area contributed by atoms with Gasteiger partial charge in [-0.1, -0.05) is 43.2 Å². The molecule has 1 N–H and O–H groups in total. The smallest absolute Gasteiger partial charge is 0.312 e. The van der Waals surface area contributed by atoms with Crippen molar-refractivity contribution in [3.8, 4) is 0 Å². The van der Waals surface area contributed by atoms with Crippen molar-refractivity contribution < 1.29 is 19.1 Å². The van der Waals surface area contributed by atoms with Crippen molar-refractivity contribution >= 4 is 34.2 Å². The summed E-state index contributed by atoms with van der Waals surface area (Å²) < 4.78 is 5.39. The molecule has 2 aromatic carbocycles. The van der Waals surface area contributed by atoms with Gasteiger partial charge in [-0.15, -0.1) is 0 Å². The molecule has 6 nitrogen and oxygen atoms in total. The van der Waals surface area contributed by atoms with Crippen molar-refractivity contribution in [1.82, 2.24) is 4.90 Å². The first-order valence-electron chi connectivity index (χ1n) is 10.3. The Kier molecular flexibility index (Phi) is 5.51. The normalized spacial score (nSPS) is 20.8. The van der Waals surface area contributed by atoms with Crippen LogP contribution in [0.5, 0.6) is 0 Å². The minimum atomic E-state index is -0.926. The lowest BCUT2D eigenvalue weighted by molar-refractivity contribution is -0.157. The Bertz CT molecular complexity index is 935. The van der Waals surface area contributed by atoms with E-state index in [0.717, 1.165) is 36.5 Å². The van der Waals surface area contributed by atoms with Crippen molar-refractivity contribution in [2.75, 3.05) is 11.9 Å². The third kappa shape index (κ3) is 4.26. The molecule has 2 atom stereocenters. The summed E-state index contributed by atoms with van der Waals surface area (Å²) in [5.41, 5.74) is 0.653. The molecule has 1 saturated carbocycles. The molecule has 1 heterocycles. The largest absolute Gasteiger partial charge is 0.452 e. The van der Waals surface area contributed by atoms with Gasteiger partial charge in [0.15, 0.2) is 6.10 Å². The zero-order valence-corrected chi connectivity index (χ0v) is 16.6. The number of hydrogen-bond acceptors (Lipinski definition) is 4. The molecule has 6 heteroatoms. The average molecular weight is 394 g/mol. The molecule has 0 bridgehead atoms. The minimum Gasteiger partial charge on any atom is -0.452 e. The molecule has 0 radical (unpaired) electrons. The van der Waals surface area contributed by atoms with Gasteiger partial charge in [0, 0.05) is 24.7 Å². The van der Waals surface area contributed by atoms with Crippen LogP contribution < -0.4 is 5.32 Å². The van der Waals surface area contributed by atoms with Gasteiger partial charge in [-0.3, -0.25) is 14.4 Å². The molecular weight excluding hydrogens is 368 g/mol. The summed E-state index contributed by atoms with van der Waals surface area (Å²) in [6, 6.07) is 13.8. The van der Waals surface area contributed by atoms with Gasteiger partial charge in [-0.25, -0.2) is 0 Å². The molecule has 2 aliphatic rings. The molecule has 1 aliphatic heterocycles. The van der Waals surface area contributed by atoms with Gasteiger partial charge in [-0.2, -0.15) is 0 Å². The van der Waals surface area contributed by atoms with Crippen LogP contribution in [0.25, 0.3) is 10.8 Å². The number of ether oxygens (including phenoxy) is 1. The summed E-state index contributed by atoms with van der Waals surface area (Å²) in [7, 11) is 0. The summed E-state index contributed by atoms with van der Waals surface area (Å²) >= 11 is 0. The minimum absolute atomic E-state index is 0.0205. The molecule has 0 unspecified atom stereocenters. The SMILES string of the molecule is C[C@@H](OC(=O)[C@@H]1CC(=O)N(C2CCCC2)C1)C(=O)Nc1ccc2ccccc2c1. The van der Waals surface area contributed by atoms with Crippen LogP contribution in [0.2, 0.25) is 0 Å². The van der Waals surface area contributed by atoms with Crippen molar-refractivity contribution in [3.63, 3.8) is 0 Å². The molecule has 1 aliphatic carbocycles. The highest BCUT2D eigenvalue weighted by Gasteiger charge is 2.40. The number of hydrogen-bond donors (Lipinski definition) is 1. The Morgan fingerprint density at radius 2 is 1.83 bits per heavy atom. The lowest BCUT2D eigenvalue weighted by atomic mass is 10.1. The van der Waals surface area contributed by atoms with E-state index in [1.807, 2.05) is 47.4 Å². The van der Waals surface area contributed by atoms with Crippen LogP contribution in [0.3, 0.4) is 0 Å². The maximum atomic E-state index is 12.5. The maximum Gasteiger partial charge on any atom is 0.312 e. The first-order valence-corrected chi connectivity index (χ1v) is 10.3. The van der Waals surface area contributed by atoms with E-state index in [1.54, 1.807) is 6.92 Å². The van der Waals surface area contributed by atoms with Crippen LogP contribution >= 0.6 is 0 Å². The molecule has 2 amide bonds. The highest BCUT2D eigenvalue weighted by atomic mass is 16.5. The predicted octanol–water partition coefficient (Wildman–Crippen LogP) is 3.50. The second-order valence-corrected chi connectivity index (χ2v) is 8.02. The topological polar surface area (TPSA) is 75.7 Å².